The zero-order chi connectivity index (χ0) is 12.7. The molecule has 4 nitrogen and oxygen atoms in total. The van der Waals surface area contributed by atoms with E-state index in [9.17, 15) is 9.90 Å². The Hall–Kier alpha value is -1.62. The SMILES string of the molecule is Cc1ccc(-c2ncc3n2C(C(=O)O)CCC3)s1. The fourth-order valence-electron chi connectivity index (χ4n) is 2.51. The summed E-state index contributed by atoms with van der Waals surface area (Å²) in [6.07, 6.45) is 4.35. The van der Waals surface area contributed by atoms with Gasteiger partial charge in [0.1, 0.15) is 6.04 Å². The maximum absolute atomic E-state index is 11.4. The quantitative estimate of drug-likeness (QED) is 0.905. The predicted molar refractivity (Wildman–Crippen MR) is 69.9 cm³/mol. The average Bonchev–Trinajstić information content (AvgIpc) is 2.94. The van der Waals surface area contributed by atoms with Crippen LogP contribution in [0, 0.1) is 6.92 Å². The second kappa shape index (κ2) is 4.24. The standard InChI is InChI=1S/C13H14N2O2S/c1-8-5-6-11(18-8)12-14-7-9-3-2-4-10(13(16)17)15(9)12/h5-7,10H,2-4H2,1H3,(H,16,17). The molecule has 0 amide bonds. The molecule has 2 aromatic heterocycles. The molecule has 0 saturated heterocycles. The van der Waals surface area contributed by atoms with Crippen molar-refractivity contribution in [2.24, 2.45) is 0 Å². The number of aryl methyl sites for hydroxylation is 2. The Morgan fingerprint density at radius 3 is 3.06 bits per heavy atom. The molecule has 1 N–H and O–H groups in total. The third-order valence-corrected chi connectivity index (χ3v) is 4.34. The molecule has 0 aromatic carbocycles. The summed E-state index contributed by atoms with van der Waals surface area (Å²) >= 11 is 1.66. The lowest BCUT2D eigenvalue weighted by Gasteiger charge is -2.23. The van der Waals surface area contributed by atoms with E-state index in [0.717, 1.165) is 29.2 Å². The van der Waals surface area contributed by atoms with Crippen molar-refractivity contribution >= 4 is 17.3 Å². The smallest absolute Gasteiger partial charge is 0.326 e. The summed E-state index contributed by atoms with van der Waals surface area (Å²) < 4.78 is 1.90. The molecule has 0 aliphatic carbocycles. The maximum Gasteiger partial charge on any atom is 0.326 e. The summed E-state index contributed by atoms with van der Waals surface area (Å²) in [5.41, 5.74) is 1.04. The molecule has 2 aromatic rings. The van der Waals surface area contributed by atoms with Gasteiger partial charge in [-0.25, -0.2) is 9.78 Å². The van der Waals surface area contributed by atoms with Crippen LogP contribution in [0.1, 0.15) is 29.5 Å². The van der Waals surface area contributed by atoms with Crippen molar-refractivity contribution in [1.29, 1.82) is 0 Å². The number of rotatable bonds is 2. The summed E-state index contributed by atoms with van der Waals surface area (Å²) in [5.74, 6) is 0.0404. The van der Waals surface area contributed by atoms with E-state index >= 15 is 0 Å². The molecule has 0 fully saturated rings. The number of imidazole rings is 1. The molecular weight excluding hydrogens is 248 g/mol. The highest BCUT2D eigenvalue weighted by Gasteiger charge is 2.29. The first kappa shape index (κ1) is 11.5. The zero-order valence-corrected chi connectivity index (χ0v) is 10.9. The molecule has 0 radical (unpaired) electrons. The van der Waals surface area contributed by atoms with Crippen molar-refractivity contribution in [3.63, 3.8) is 0 Å². The number of carboxylic acid groups (broad SMARTS) is 1. The second-order valence-corrected chi connectivity index (χ2v) is 5.89. The van der Waals surface area contributed by atoms with E-state index in [1.54, 1.807) is 11.3 Å². The highest BCUT2D eigenvalue weighted by atomic mass is 32.1. The Bertz CT molecular complexity index is 600. The number of aromatic nitrogens is 2. The Morgan fingerprint density at radius 1 is 1.56 bits per heavy atom. The van der Waals surface area contributed by atoms with Crippen LogP contribution in [0.5, 0.6) is 0 Å². The second-order valence-electron chi connectivity index (χ2n) is 4.60. The minimum atomic E-state index is -0.761. The van der Waals surface area contributed by atoms with Crippen LogP contribution in [0.2, 0.25) is 0 Å². The van der Waals surface area contributed by atoms with Crippen LogP contribution in [-0.4, -0.2) is 20.6 Å². The number of carboxylic acids is 1. The van der Waals surface area contributed by atoms with Gasteiger partial charge in [-0.3, -0.25) is 0 Å². The lowest BCUT2D eigenvalue weighted by atomic mass is 10.0. The Morgan fingerprint density at radius 2 is 2.39 bits per heavy atom. The van der Waals surface area contributed by atoms with Gasteiger partial charge in [-0.15, -0.1) is 11.3 Å². The van der Waals surface area contributed by atoms with Crippen molar-refractivity contribution in [2.75, 3.05) is 0 Å². The van der Waals surface area contributed by atoms with Crippen molar-refractivity contribution in [3.05, 3.63) is 28.9 Å². The third-order valence-electron chi connectivity index (χ3n) is 3.34. The topological polar surface area (TPSA) is 55.1 Å². The first-order valence-corrected chi connectivity index (χ1v) is 6.84. The molecule has 5 heteroatoms. The summed E-state index contributed by atoms with van der Waals surface area (Å²) in [6.45, 7) is 2.04. The van der Waals surface area contributed by atoms with E-state index in [1.165, 1.54) is 4.88 Å². The number of hydrogen-bond acceptors (Lipinski definition) is 3. The first-order chi connectivity index (χ1) is 8.66. The van der Waals surface area contributed by atoms with E-state index in [4.69, 9.17) is 0 Å². The van der Waals surface area contributed by atoms with Gasteiger partial charge in [-0.2, -0.15) is 0 Å². The highest BCUT2D eigenvalue weighted by molar-refractivity contribution is 7.15. The normalized spacial score (nSPS) is 18.6. The molecule has 94 valence electrons. The number of thiophene rings is 1. The van der Waals surface area contributed by atoms with Gasteiger partial charge in [-0.05, 0) is 38.3 Å². The minimum absolute atomic E-state index is 0.464. The molecule has 1 unspecified atom stereocenters. The molecule has 0 saturated carbocycles. The van der Waals surface area contributed by atoms with Gasteiger partial charge in [0.2, 0.25) is 0 Å². The minimum Gasteiger partial charge on any atom is -0.480 e. The zero-order valence-electron chi connectivity index (χ0n) is 10.1. The van der Waals surface area contributed by atoms with Crippen LogP contribution in [0.15, 0.2) is 18.3 Å². The van der Waals surface area contributed by atoms with Gasteiger partial charge in [-0.1, -0.05) is 0 Å². The molecule has 1 atom stereocenters. The molecule has 3 rings (SSSR count). The van der Waals surface area contributed by atoms with Crippen LogP contribution < -0.4 is 0 Å². The highest BCUT2D eigenvalue weighted by Crippen LogP contribution is 2.34. The number of aliphatic carboxylic acids is 1. The van der Waals surface area contributed by atoms with Crippen LogP contribution in [-0.2, 0) is 11.2 Å². The maximum atomic E-state index is 11.4. The first-order valence-electron chi connectivity index (χ1n) is 6.02. The van der Waals surface area contributed by atoms with Crippen molar-refractivity contribution in [3.8, 4) is 10.7 Å². The molecule has 18 heavy (non-hydrogen) atoms. The largest absolute Gasteiger partial charge is 0.480 e. The van der Waals surface area contributed by atoms with Gasteiger partial charge < -0.3 is 9.67 Å². The average molecular weight is 262 g/mol. The van der Waals surface area contributed by atoms with Crippen molar-refractivity contribution in [1.82, 2.24) is 9.55 Å². The van der Waals surface area contributed by atoms with Gasteiger partial charge in [0, 0.05) is 16.8 Å². The molecule has 1 aliphatic rings. The third kappa shape index (κ3) is 1.75. The summed E-state index contributed by atoms with van der Waals surface area (Å²) in [4.78, 5) is 18.0. The van der Waals surface area contributed by atoms with Gasteiger partial charge in [0.05, 0.1) is 4.88 Å². The Balaban J connectivity index is 2.12. The monoisotopic (exact) mass is 262 g/mol. The van der Waals surface area contributed by atoms with Crippen LogP contribution in [0.4, 0.5) is 0 Å². The number of hydrogen-bond donors (Lipinski definition) is 1. The number of nitrogens with zero attached hydrogens (tertiary/aromatic N) is 2. The van der Waals surface area contributed by atoms with Crippen molar-refractivity contribution in [2.45, 2.75) is 32.2 Å². The van der Waals surface area contributed by atoms with Gasteiger partial charge >= 0.3 is 5.97 Å². The summed E-state index contributed by atoms with van der Waals surface area (Å²) in [7, 11) is 0. The number of fused-ring (bicyclic) bond motifs is 1. The Labute approximate surface area is 109 Å². The van der Waals surface area contributed by atoms with Gasteiger partial charge in [0.25, 0.3) is 0 Å². The fraction of sp³-hybridized carbons (Fsp3) is 0.385. The van der Waals surface area contributed by atoms with E-state index in [-0.39, 0.29) is 0 Å². The van der Waals surface area contributed by atoms with Crippen LogP contribution in [0.25, 0.3) is 10.7 Å². The fourth-order valence-corrected chi connectivity index (χ4v) is 3.37. The van der Waals surface area contributed by atoms with Crippen LogP contribution in [0.3, 0.4) is 0 Å². The lowest BCUT2D eigenvalue weighted by Crippen LogP contribution is -2.25. The molecule has 1 aliphatic heterocycles. The van der Waals surface area contributed by atoms with E-state index in [0.29, 0.717) is 6.42 Å². The van der Waals surface area contributed by atoms with E-state index in [2.05, 4.69) is 4.98 Å². The number of carbonyl (C=O) groups is 1. The summed E-state index contributed by atoms with van der Waals surface area (Å²) in [6, 6.07) is 3.59. The van der Waals surface area contributed by atoms with E-state index < -0.39 is 12.0 Å². The lowest BCUT2D eigenvalue weighted by molar-refractivity contribution is -0.141. The summed E-state index contributed by atoms with van der Waals surface area (Å²) in [5, 5.41) is 9.33. The Kier molecular flexibility index (Phi) is 2.70. The molecular formula is C13H14N2O2S. The predicted octanol–water partition coefficient (Wildman–Crippen LogP) is 2.88. The van der Waals surface area contributed by atoms with E-state index in [1.807, 2.05) is 29.8 Å². The molecule has 0 bridgehead atoms. The van der Waals surface area contributed by atoms with Crippen LogP contribution >= 0.6 is 11.3 Å². The van der Waals surface area contributed by atoms with Crippen molar-refractivity contribution < 1.29 is 9.90 Å². The molecule has 0 spiro atoms. The molecule has 3 heterocycles. The van der Waals surface area contributed by atoms with Gasteiger partial charge in [0.15, 0.2) is 5.82 Å².